The third-order valence-electron chi connectivity index (χ3n) is 5.33. The van der Waals surface area contributed by atoms with Crippen LogP contribution >= 0.6 is 0 Å². The third kappa shape index (κ3) is 3.00. The Morgan fingerprint density at radius 2 is 2.12 bits per heavy atom. The fourth-order valence-corrected chi connectivity index (χ4v) is 4.10. The number of carbonyl (C=O) groups is 1. The maximum atomic E-state index is 11.5. The first-order valence-electron chi connectivity index (χ1n) is 8.31. The summed E-state index contributed by atoms with van der Waals surface area (Å²) >= 11 is 0. The Kier molecular flexibility index (Phi) is 5.02. The molecule has 2 N–H and O–H groups in total. The van der Waals surface area contributed by atoms with Gasteiger partial charge in [0.1, 0.15) is 0 Å². The molecule has 124 valence electrons. The van der Waals surface area contributed by atoms with Crippen molar-refractivity contribution >= 4 is 35.7 Å². The predicted molar refractivity (Wildman–Crippen MR) is 94.6 cm³/mol. The first-order chi connectivity index (χ1) is 11.1. The Labute approximate surface area is 153 Å². The number of benzene rings is 1. The average Bonchev–Trinajstić information content (AvgIpc) is 3.00. The summed E-state index contributed by atoms with van der Waals surface area (Å²) in [5.74, 6) is -0.185. The van der Waals surface area contributed by atoms with Gasteiger partial charge in [0, 0.05) is 18.0 Å². The van der Waals surface area contributed by atoms with Gasteiger partial charge < -0.3 is 10.0 Å². The van der Waals surface area contributed by atoms with Gasteiger partial charge in [-0.1, -0.05) is 12.1 Å². The summed E-state index contributed by atoms with van der Waals surface area (Å²) < 4.78 is 1.82. The van der Waals surface area contributed by atoms with Gasteiger partial charge in [-0.25, -0.2) is 9.48 Å². The molecule has 3 saturated heterocycles. The van der Waals surface area contributed by atoms with E-state index in [4.69, 9.17) is 0 Å². The van der Waals surface area contributed by atoms with E-state index in [1.54, 1.807) is 18.3 Å². The summed E-state index contributed by atoms with van der Waals surface area (Å²) in [5, 5.41) is 18.4. The third-order valence-corrected chi connectivity index (χ3v) is 5.33. The van der Waals surface area contributed by atoms with Crippen molar-refractivity contribution in [1.82, 2.24) is 20.0 Å². The zero-order valence-electron chi connectivity index (χ0n) is 13.3. The quantitative estimate of drug-likeness (QED) is 0.830. The molecule has 6 nitrogen and oxygen atoms in total. The van der Waals surface area contributed by atoms with Crippen LogP contribution in [-0.4, -0.2) is 70.3 Å². The monoisotopic (exact) mass is 322 g/mol. The molecule has 5 rings (SSSR count). The number of hydrogen-bond acceptors (Lipinski definition) is 4. The molecule has 7 heteroatoms. The first-order valence-corrected chi connectivity index (χ1v) is 8.31. The molecule has 4 heterocycles. The second-order valence-electron chi connectivity index (χ2n) is 6.72. The number of rotatable bonds is 4. The number of carboxylic acid groups (broad SMARTS) is 1. The van der Waals surface area contributed by atoms with Crippen molar-refractivity contribution in [3.05, 3.63) is 30.0 Å². The van der Waals surface area contributed by atoms with Crippen LogP contribution in [0.1, 0.15) is 36.3 Å². The molecule has 2 unspecified atom stereocenters. The molecule has 0 radical (unpaired) electrons. The number of hydrogen-bond donors (Lipinski definition) is 2. The van der Waals surface area contributed by atoms with E-state index in [9.17, 15) is 9.90 Å². The maximum absolute atomic E-state index is 11.5. The molecule has 0 spiro atoms. The molecule has 2 aromatic rings. The molecule has 1 aromatic heterocycles. The van der Waals surface area contributed by atoms with Crippen LogP contribution in [0.3, 0.4) is 0 Å². The van der Waals surface area contributed by atoms with Crippen molar-refractivity contribution in [2.24, 2.45) is 5.92 Å². The number of nitrogens with one attached hydrogen (secondary N) is 1. The molecule has 24 heavy (non-hydrogen) atoms. The Balaban J connectivity index is 0.00000169. The van der Waals surface area contributed by atoms with E-state index in [0.29, 0.717) is 17.1 Å². The summed E-state index contributed by atoms with van der Waals surface area (Å²) in [6, 6.07) is 5.78. The van der Waals surface area contributed by atoms with Crippen LogP contribution < -0.4 is 5.32 Å². The van der Waals surface area contributed by atoms with E-state index >= 15 is 0 Å². The van der Waals surface area contributed by atoms with Gasteiger partial charge >= 0.3 is 24.8 Å². The van der Waals surface area contributed by atoms with Crippen LogP contribution in [-0.2, 0) is 0 Å². The van der Waals surface area contributed by atoms with Crippen molar-refractivity contribution in [2.45, 2.75) is 32.0 Å². The van der Waals surface area contributed by atoms with Crippen molar-refractivity contribution in [3.63, 3.8) is 0 Å². The fraction of sp³-hybridized carbons (Fsp3) is 0.529. The van der Waals surface area contributed by atoms with Gasteiger partial charge in [0.2, 0.25) is 0 Å². The van der Waals surface area contributed by atoms with Crippen LogP contribution in [0.4, 0.5) is 0 Å². The van der Waals surface area contributed by atoms with Crippen molar-refractivity contribution in [1.29, 1.82) is 0 Å². The first kappa shape index (κ1) is 17.5. The standard InChI is InChI=1S/C17H22N4O2.Li.H/c1-11(19-15-10-20-7-5-12(15)6-8-20)21-16-13(9-18-21)3-2-4-14(16)17(22)23;;/h2-4,9,11-12,15,19H,5-8,10H2,1H3,(H,22,23);;. The van der Waals surface area contributed by atoms with E-state index < -0.39 is 5.97 Å². The molecule has 0 amide bonds. The van der Waals surface area contributed by atoms with Gasteiger partial charge in [-0.2, -0.15) is 5.10 Å². The van der Waals surface area contributed by atoms with Crippen molar-refractivity contribution < 1.29 is 9.90 Å². The topological polar surface area (TPSA) is 70.4 Å². The minimum absolute atomic E-state index is 0. The molecule has 1 aromatic carbocycles. The number of carboxylic acids is 1. The van der Waals surface area contributed by atoms with E-state index in [-0.39, 0.29) is 25.0 Å². The zero-order chi connectivity index (χ0) is 16.0. The van der Waals surface area contributed by atoms with Gasteiger partial charge in [-0.3, -0.25) is 5.32 Å². The second-order valence-corrected chi connectivity index (χ2v) is 6.72. The minimum atomic E-state index is -0.910. The Morgan fingerprint density at radius 3 is 2.75 bits per heavy atom. The molecule has 2 bridgehead atoms. The number of para-hydroxylation sites is 1. The Bertz CT molecular complexity index is 739. The van der Waals surface area contributed by atoms with Crippen LogP contribution in [0, 0.1) is 5.92 Å². The molecule has 3 aliphatic heterocycles. The van der Waals surface area contributed by atoms with Gasteiger partial charge in [0.15, 0.2) is 0 Å². The van der Waals surface area contributed by atoms with Gasteiger partial charge in [-0.05, 0) is 44.8 Å². The SMILES string of the molecule is CC(NC1CN2CCC1CC2)n1ncc2cccc(C(=O)O)c21.[LiH]. The van der Waals surface area contributed by atoms with Crippen molar-refractivity contribution in [3.8, 4) is 0 Å². The summed E-state index contributed by atoms with van der Waals surface area (Å²) in [6.45, 7) is 5.57. The number of nitrogens with zero attached hydrogens (tertiary/aromatic N) is 3. The van der Waals surface area contributed by atoms with Crippen molar-refractivity contribution in [2.75, 3.05) is 19.6 Å². The molecule has 2 atom stereocenters. The van der Waals surface area contributed by atoms with E-state index in [0.717, 1.165) is 17.8 Å². The Morgan fingerprint density at radius 1 is 1.38 bits per heavy atom. The molecular formula is C17H23LiN4O2. The summed E-state index contributed by atoms with van der Waals surface area (Å²) in [6.07, 6.45) is 4.23. The van der Waals surface area contributed by atoms with Gasteiger partial charge in [0.25, 0.3) is 0 Å². The van der Waals surface area contributed by atoms with Crippen LogP contribution in [0.5, 0.6) is 0 Å². The number of aromatic nitrogens is 2. The fourth-order valence-electron chi connectivity index (χ4n) is 4.10. The van der Waals surface area contributed by atoms with Crippen LogP contribution in [0.2, 0.25) is 0 Å². The molecule has 3 aliphatic rings. The average molecular weight is 322 g/mol. The molecule has 0 aliphatic carbocycles. The van der Waals surface area contributed by atoms with Gasteiger partial charge in [0.05, 0.1) is 23.4 Å². The summed E-state index contributed by atoms with van der Waals surface area (Å²) in [7, 11) is 0. The van der Waals surface area contributed by atoms with E-state index in [1.165, 1.54) is 25.9 Å². The molecule has 0 saturated carbocycles. The Hall–Kier alpha value is -1.32. The summed E-state index contributed by atoms with van der Waals surface area (Å²) in [4.78, 5) is 14.0. The van der Waals surface area contributed by atoms with Gasteiger partial charge in [-0.15, -0.1) is 0 Å². The normalized spacial score (nSPS) is 27.0. The summed E-state index contributed by atoms with van der Waals surface area (Å²) in [5.41, 5.74) is 1.00. The zero-order valence-corrected chi connectivity index (χ0v) is 13.3. The van der Waals surface area contributed by atoms with Crippen LogP contribution in [0.25, 0.3) is 10.9 Å². The number of aromatic carboxylic acids is 1. The second kappa shape index (κ2) is 6.89. The van der Waals surface area contributed by atoms with E-state index in [2.05, 4.69) is 22.2 Å². The number of piperidine rings is 3. The molecular weight excluding hydrogens is 299 g/mol. The molecule has 3 fully saturated rings. The number of fused-ring (bicyclic) bond motifs is 4. The van der Waals surface area contributed by atoms with Crippen LogP contribution in [0.15, 0.2) is 24.4 Å². The predicted octanol–water partition coefficient (Wildman–Crippen LogP) is 1.29. The van der Waals surface area contributed by atoms with E-state index in [1.807, 2.05) is 10.7 Å².